The van der Waals surface area contributed by atoms with Gasteiger partial charge >= 0.3 is 0 Å². The van der Waals surface area contributed by atoms with Crippen LogP contribution in [0.2, 0.25) is 0 Å². The quantitative estimate of drug-likeness (QED) is 0.873. The summed E-state index contributed by atoms with van der Waals surface area (Å²) in [4.78, 5) is 14.7. The first-order valence-electron chi connectivity index (χ1n) is 7.61. The maximum absolute atomic E-state index is 13.5. The molecule has 0 unspecified atom stereocenters. The van der Waals surface area contributed by atoms with Crippen molar-refractivity contribution in [2.45, 2.75) is 32.4 Å². The first kappa shape index (κ1) is 14.8. The third-order valence-corrected chi connectivity index (χ3v) is 4.31. The van der Waals surface area contributed by atoms with Gasteiger partial charge in [0.1, 0.15) is 11.9 Å². The van der Waals surface area contributed by atoms with Gasteiger partial charge in [-0.15, -0.1) is 0 Å². The van der Waals surface area contributed by atoms with Gasteiger partial charge in [-0.25, -0.2) is 4.39 Å². The van der Waals surface area contributed by atoms with E-state index in [0.29, 0.717) is 12.5 Å². The fraction of sp³-hybridized carbons (Fsp3) is 0.412. The van der Waals surface area contributed by atoms with Crippen molar-refractivity contribution in [1.82, 2.24) is 14.7 Å². The molecule has 3 rings (SSSR count). The maximum atomic E-state index is 13.5. The molecule has 1 aliphatic heterocycles. The molecular formula is C17H20FN3O. The number of amides is 1. The Bertz CT molecular complexity index is 656. The predicted molar refractivity (Wildman–Crippen MR) is 81.6 cm³/mol. The molecule has 0 radical (unpaired) electrons. The van der Waals surface area contributed by atoms with Crippen LogP contribution in [0.4, 0.5) is 4.39 Å². The molecule has 0 bridgehead atoms. The average Bonchev–Trinajstić information content (AvgIpc) is 3.15. The summed E-state index contributed by atoms with van der Waals surface area (Å²) in [7, 11) is 0. The van der Waals surface area contributed by atoms with E-state index in [4.69, 9.17) is 0 Å². The van der Waals surface area contributed by atoms with Crippen LogP contribution in [0.25, 0.3) is 0 Å². The first-order valence-corrected chi connectivity index (χ1v) is 7.61. The van der Waals surface area contributed by atoms with Gasteiger partial charge in [-0.2, -0.15) is 5.10 Å². The highest BCUT2D eigenvalue weighted by Gasteiger charge is 2.36. The van der Waals surface area contributed by atoms with E-state index in [9.17, 15) is 9.18 Å². The molecule has 3 atom stereocenters. The summed E-state index contributed by atoms with van der Waals surface area (Å²) in [5, 5.41) is 4.15. The van der Waals surface area contributed by atoms with Gasteiger partial charge in [-0.3, -0.25) is 9.48 Å². The van der Waals surface area contributed by atoms with Crippen LogP contribution in [0.5, 0.6) is 0 Å². The highest BCUT2D eigenvalue weighted by Crippen LogP contribution is 2.36. The summed E-state index contributed by atoms with van der Waals surface area (Å²) in [6.07, 6.45) is 4.32. The molecule has 0 spiro atoms. The highest BCUT2D eigenvalue weighted by atomic mass is 19.1. The van der Waals surface area contributed by atoms with Gasteiger partial charge in [-0.05, 0) is 43.0 Å². The smallest absolute Gasteiger partial charge is 0.247 e. The van der Waals surface area contributed by atoms with Crippen molar-refractivity contribution in [2.75, 3.05) is 6.54 Å². The van der Waals surface area contributed by atoms with E-state index < -0.39 is 0 Å². The number of likely N-dealkylation sites (tertiary alicyclic amines) is 1. The zero-order valence-electron chi connectivity index (χ0n) is 12.8. The van der Waals surface area contributed by atoms with Gasteiger partial charge in [0.25, 0.3) is 0 Å². The van der Waals surface area contributed by atoms with E-state index in [1.54, 1.807) is 29.2 Å². The molecule has 1 amide bonds. The lowest BCUT2D eigenvalue weighted by atomic mass is 10.0. The van der Waals surface area contributed by atoms with Crippen molar-refractivity contribution in [2.24, 2.45) is 5.92 Å². The normalized spacial score (nSPS) is 22.8. The third-order valence-electron chi connectivity index (χ3n) is 4.31. The summed E-state index contributed by atoms with van der Waals surface area (Å²) in [6.45, 7) is 4.67. The summed E-state index contributed by atoms with van der Waals surface area (Å²) in [5.41, 5.74) is 0.866. The van der Waals surface area contributed by atoms with E-state index in [1.807, 2.05) is 17.9 Å². The molecule has 22 heavy (non-hydrogen) atoms. The molecule has 0 saturated carbocycles. The predicted octanol–water partition coefficient (Wildman–Crippen LogP) is 3.19. The highest BCUT2D eigenvalue weighted by molar-refractivity contribution is 5.80. The van der Waals surface area contributed by atoms with E-state index in [2.05, 4.69) is 12.0 Å². The van der Waals surface area contributed by atoms with Crippen LogP contribution in [-0.4, -0.2) is 27.1 Å². The Morgan fingerprint density at radius 3 is 2.91 bits per heavy atom. The van der Waals surface area contributed by atoms with Crippen molar-refractivity contribution in [3.63, 3.8) is 0 Å². The Balaban J connectivity index is 1.86. The Morgan fingerprint density at radius 1 is 1.41 bits per heavy atom. The third kappa shape index (κ3) is 2.75. The van der Waals surface area contributed by atoms with Gasteiger partial charge in [0.05, 0.1) is 6.04 Å². The molecule has 1 aliphatic rings. The minimum Gasteiger partial charge on any atom is -0.334 e. The first-order chi connectivity index (χ1) is 10.6. The lowest BCUT2D eigenvalue weighted by Crippen LogP contribution is -2.36. The summed E-state index contributed by atoms with van der Waals surface area (Å²) >= 11 is 0. The second-order valence-corrected chi connectivity index (χ2v) is 6.06. The second-order valence-electron chi connectivity index (χ2n) is 6.06. The number of carbonyl (C=O) groups is 1. The fourth-order valence-corrected chi connectivity index (χ4v) is 3.18. The number of halogens is 1. The zero-order valence-corrected chi connectivity index (χ0v) is 12.8. The largest absolute Gasteiger partial charge is 0.334 e. The molecule has 5 heteroatoms. The number of benzene rings is 1. The van der Waals surface area contributed by atoms with E-state index >= 15 is 0 Å². The van der Waals surface area contributed by atoms with Crippen molar-refractivity contribution in [3.8, 4) is 0 Å². The maximum Gasteiger partial charge on any atom is 0.247 e. The van der Waals surface area contributed by atoms with Crippen LogP contribution in [0.15, 0.2) is 42.7 Å². The molecule has 116 valence electrons. The molecule has 0 N–H and O–H groups in total. The van der Waals surface area contributed by atoms with Crippen LogP contribution >= 0.6 is 0 Å². The number of carbonyl (C=O) groups excluding carboxylic acids is 1. The SMILES string of the molecule is C[C@@H]1C[C@H](c2cccc(F)c2)N(C(=O)[C@H](C)n2cccn2)C1. The Morgan fingerprint density at radius 2 is 2.23 bits per heavy atom. The molecule has 0 aliphatic carbocycles. The van der Waals surface area contributed by atoms with Crippen LogP contribution in [0.1, 0.15) is 37.9 Å². The van der Waals surface area contributed by atoms with Crippen molar-refractivity contribution < 1.29 is 9.18 Å². The lowest BCUT2D eigenvalue weighted by Gasteiger charge is -2.28. The summed E-state index contributed by atoms with van der Waals surface area (Å²) in [6, 6.07) is 7.95. The Hall–Kier alpha value is -2.17. The summed E-state index contributed by atoms with van der Waals surface area (Å²) < 4.78 is 15.2. The van der Waals surface area contributed by atoms with Crippen LogP contribution in [0, 0.1) is 11.7 Å². The monoisotopic (exact) mass is 301 g/mol. The fourth-order valence-electron chi connectivity index (χ4n) is 3.18. The molecule has 1 aromatic heterocycles. The molecule has 4 nitrogen and oxygen atoms in total. The van der Waals surface area contributed by atoms with Gasteiger partial charge in [0.2, 0.25) is 5.91 Å². The van der Waals surface area contributed by atoms with Crippen LogP contribution in [0.3, 0.4) is 0 Å². The minimum absolute atomic E-state index is 0.0299. The molecular weight excluding hydrogens is 281 g/mol. The Labute approximate surface area is 129 Å². The number of nitrogens with zero attached hydrogens (tertiary/aromatic N) is 3. The standard InChI is InChI=1S/C17H20FN3O/c1-12-9-16(14-5-3-6-15(18)10-14)20(11-12)17(22)13(2)21-8-4-7-19-21/h3-8,10,12-13,16H,9,11H2,1-2H3/t12-,13+,16-/m1/s1. The van der Waals surface area contributed by atoms with Crippen molar-refractivity contribution in [3.05, 3.63) is 54.1 Å². The van der Waals surface area contributed by atoms with Gasteiger partial charge in [-0.1, -0.05) is 19.1 Å². The zero-order chi connectivity index (χ0) is 15.7. The number of hydrogen-bond acceptors (Lipinski definition) is 2. The second kappa shape index (κ2) is 5.91. The van der Waals surface area contributed by atoms with Gasteiger partial charge in [0.15, 0.2) is 0 Å². The van der Waals surface area contributed by atoms with E-state index in [0.717, 1.165) is 12.0 Å². The lowest BCUT2D eigenvalue weighted by molar-refractivity contribution is -0.135. The molecule has 1 saturated heterocycles. The van der Waals surface area contributed by atoms with Gasteiger partial charge in [0, 0.05) is 18.9 Å². The molecule has 1 aromatic carbocycles. The molecule has 2 aromatic rings. The van der Waals surface area contributed by atoms with E-state index in [-0.39, 0.29) is 23.8 Å². The van der Waals surface area contributed by atoms with Gasteiger partial charge < -0.3 is 4.90 Å². The number of rotatable bonds is 3. The summed E-state index contributed by atoms with van der Waals surface area (Å²) in [5.74, 6) is 0.175. The average molecular weight is 301 g/mol. The number of hydrogen-bond donors (Lipinski definition) is 0. The topological polar surface area (TPSA) is 38.1 Å². The van der Waals surface area contributed by atoms with E-state index in [1.165, 1.54) is 12.1 Å². The van der Waals surface area contributed by atoms with Crippen LogP contribution < -0.4 is 0 Å². The van der Waals surface area contributed by atoms with Crippen molar-refractivity contribution in [1.29, 1.82) is 0 Å². The van der Waals surface area contributed by atoms with Crippen LogP contribution in [-0.2, 0) is 4.79 Å². The molecule has 1 fully saturated rings. The molecule has 2 heterocycles. The number of aromatic nitrogens is 2. The van der Waals surface area contributed by atoms with Crippen molar-refractivity contribution >= 4 is 5.91 Å². The Kier molecular flexibility index (Phi) is 3.96. The minimum atomic E-state index is -0.351.